The first-order valence-electron chi connectivity index (χ1n) is 5.63. The second-order valence-electron chi connectivity index (χ2n) is 4.51. The van der Waals surface area contributed by atoms with Crippen LogP contribution in [0.4, 0.5) is 0 Å². The van der Waals surface area contributed by atoms with E-state index in [-0.39, 0.29) is 0 Å². The highest BCUT2D eigenvalue weighted by Gasteiger charge is 2.13. The highest BCUT2D eigenvalue weighted by atomic mass is 16.1. The van der Waals surface area contributed by atoms with Gasteiger partial charge in [-0.05, 0) is 12.0 Å². The molecule has 90 valence electrons. The topological polar surface area (TPSA) is 52.7 Å². The van der Waals surface area contributed by atoms with Gasteiger partial charge in [-0.3, -0.25) is 14.2 Å². The van der Waals surface area contributed by atoms with E-state index in [0.717, 1.165) is 18.5 Å². The minimum Gasteiger partial charge on any atom is -0.298 e. The summed E-state index contributed by atoms with van der Waals surface area (Å²) < 4.78 is 3.53. The van der Waals surface area contributed by atoms with Gasteiger partial charge in [0.25, 0.3) is 0 Å². The van der Waals surface area contributed by atoms with Crippen molar-refractivity contribution < 1.29 is 4.79 Å². The predicted molar refractivity (Wildman–Crippen MR) is 64.7 cm³/mol. The van der Waals surface area contributed by atoms with Crippen molar-refractivity contribution in [2.45, 2.75) is 20.4 Å². The van der Waals surface area contributed by atoms with Gasteiger partial charge in [0.15, 0.2) is 6.29 Å². The van der Waals surface area contributed by atoms with Crippen LogP contribution in [0.3, 0.4) is 0 Å². The quantitative estimate of drug-likeness (QED) is 0.755. The van der Waals surface area contributed by atoms with Crippen LogP contribution in [0.2, 0.25) is 0 Å². The molecule has 5 heteroatoms. The van der Waals surface area contributed by atoms with Crippen LogP contribution in [-0.4, -0.2) is 25.8 Å². The fourth-order valence-electron chi connectivity index (χ4n) is 1.80. The van der Waals surface area contributed by atoms with E-state index in [4.69, 9.17) is 0 Å². The molecule has 0 fully saturated rings. The van der Waals surface area contributed by atoms with E-state index in [1.165, 1.54) is 0 Å². The molecule has 2 aromatic heterocycles. The summed E-state index contributed by atoms with van der Waals surface area (Å²) in [4.78, 5) is 11.0. The maximum Gasteiger partial charge on any atom is 0.153 e. The molecule has 0 unspecified atom stereocenters. The van der Waals surface area contributed by atoms with Crippen molar-refractivity contribution in [3.8, 4) is 11.4 Å². The van der Waals surface area contributed by atoms with Crippen molar-refractivity contribution >= 4 is 6.29 Å². The van der Waals surface area contributed by atoms with E-state index in [2.05, 4.69) is 24.0 Å². The lowest BCUT2D eigenvalue weighted by Crippen LogP contribution is -2.05. The lowest BCUT2D eigenvalue weighted by Gasteiger charge is -2.03. The molecule has 5 nitrogen and oxygen atoms in total. The van der Waals surface area contributed by atoms with Crippen molar-refractivity contribution in [1.82, 2.24) is 19.6 Å². The monoisotopic (exact) mass is 232 g/mol. The molecule has 0 N–H and O–H groups in total. The zero-order valence-corrected chi connectivity index (χ0v) is 10.3. The molecule has 0 atom stereocenters. The van der Waals surface area contributed by atoms with Gasteiger partial charge in [0, 0.05) is 26.0 Å². The van der Waals surface area contributed by atoms with Crippen LogP contribution in [0.5, 0.6) is 0 Å². The Morgan fingerprint density at radius 1 is 1.47 bits per heavy atom. The Morgan fingerprint density at radius 2 is 2.24 bits per heavy atom. The summed E-state index contributed by atoms with van der Waals surface area (Å²) in [5, 5.41) is 8.54. The number of carbonyl (C=O) groups excluding carboxylic acids is 1. The average Bonchev–Trinajstić information content (AvgIpc) is 2.83. The molecule has 0 radical (unpaired) electrons. The van der Waals surface area contributed by atoms with E-state index in [1.54, 1.807) is 17.1 Å². The Hall–Kier alpha value is -1.91. The van der Waals surface area contributed by atoms with Gasteiger partial charge in [-0.15, -0.1) is 0 Å². The first-order chi connectivity index (χ1) is 8.11. The lowest BCUT2D eigenvalue weighted by atomic mass is 10.2. The minimum absolute atomic E-state index is 0.494. The van der Waals surface area contributed by atoms with E-state index in [9.17, 15) is 4.79 Å². The largest absolute Gasteiger partial charge is 0.298 e. The van der Waals surface area contributed by atoms with Crippen LogP contribution in [0.15, 0.2) is 18.5 Å². The number of aryl methyl sites for hydroxylation is 1. The van der Waals surface area contributed by atoms with Gasteiger partial charge in [0.2, 0.25) is 0 Å². The van der Waals surface area contributed by atoms with Gasteiger partial charge in [0.1, 0.15) is 5.69 Å². The molecule has 2 rings (SSSR count). The van der Waals surface area contributed by atoms with Crippen molar-refractivity contribution in [2.75, 3.05) is 0 Å². The third kappa shape index (κ3) is 2.27. The number of aromatic nitrogens is 4. The number of nitrogens with zero attached hydrogens (tertiary/aromatic N) is 4. The molecule has 17 heavy (non-hydrogen) atoms. The highest BCUT2D eigenvalue weighted by Crippen LogP contribution is 2.20. The maximum atomic E-state index is 11.0. The van der Waals surface area contributed by atoms with E-state index in [0.29, 0.717) is 17.2 Å². The van der Waals surface area contributed by atoms with Gasteiger partial charge in [-0.2, -0.15) is 10.2 Å². The molecule has 0 aliphatic carbocycles. The fraction of sp³-hybridized carbons (Fsp3) is 0.417. The van der Waals surface area contributed by atoms with E-state index < -0.39 is 0 Å². The molecule has 0 aliphatic heterocycles. The second-order valence-corrected chi connectivity index (χ2v) is 4.51. The van der Waals surface area contributed by atoms with Gasteiger partial charge in [0.05, 0.1) is 11.3 Å². The Morgan fingerprint density at radius 3 is 2.76 bits per heavy atom. The molecule has 0 aliphatic rings. The summed E-state index contributed by atoms with van der Waals surface area (Å²) in [5.41, 5.74) is 2.16. The first kappa shape index (κ1) is 11.6. The zero-order chi connectivity index (χ0) is 12.4. The summed E-state index contributed by atoms with van der Waals surface area (Å²) in [6, 6.07) is 1.86. The van der Waals surface area contributed by atoms with Crippen LogP contribution < -0.4 is 0 Å². The summed E-state index contributed by atoms with van der Waals surface area (Å²) in [7, 11) is 1.84. The third-order valence-electron chi connectivity index (χ3n) is 2.53. The van der Waals surface area contributed by atoms with Crippen molar-refractivity contribution in [3.63, 3.8) is 0 Å². The molecule has 2 heterocycles. The summed E-state index contributed by atoms with van der Waals surface area (Å²) >= 11 is 0. The Bertz CT molecular complexity index is 524. The molecular formula is C12H16N4O. The van der Waals surface area contributed by atoms with Crippen molar-refractivity contribution in [2.24, 2.45) is 13.0 Å². The van der Waals surface area contributed by atoms with Gasteiger partial charge < -0.3 is 0 Å². The third-order valence-corrected chi connectivity index (χ3v) is 2.53. The number of aldehydes is 1. The Kier molecular flexibility index (Phi) is 3.08. The lowest BCUT2D eigenvalue weighted by molar-refractivity contribution is 0.112. The molecule has 0 saturated carbocycles. The molecular weight excluding hydrogens is 216 g/mol. The fourth-order valence-corrected chi connectivity index (χ4v) is 1.80. The molecule has 0 aromatic carbocycles. The van der Waals surface area contributed by atoms with Crippen LogP contribution in [0, 0.1) is 5.92 Å². The van der Waals surface area contributed by atoms with Crippen molar-refractivity contribution in [3.05, 3.63) is 24.0 Å². The van der Waals surface area contributed by atoms with Crippen LogP contribution >= 0.6 is 0 Å². The number of hydrogen-bond donors (Lipinski definition) is 0. The van der Waals surface area contributed by atoms with E-state index in [1.807, 2.05) is 17.8 Å². The molecule has 0 amide bonds. The minimum atomic E-state index is 0.494. The van der Waals surface area contributed by atoms with Crippen LogP contribution in [0.1, 0.15) is 24.2 Å². The molecule has 0 bridgehead atoms. The van der Waals surface area contributed by atoms with Crippen LogP contribution in [0.25, 0.3) is 11.4 Å². The molecule has 2 aromatic rings. The Balaban J connectivity index is 2.43. The first-order valence-corrected chi connectivity index (χ1v) is 5.63. The number of rotatable bonds is 4. The predicted octanol–water partition coefficient (Wildman–Crippen LogP) is 1.75. The summed E-state index contributed by atoms with van der Waals surface area (Å²) in [5.74, 6) is 0.494. The highest BCUT2D eigenvalue weighted by molar-refractivity contribution is 5.84. The van der Waals surface area contributed by atoms with Crippen LogP contribution in [-0.2, 0) is 13.6 Å². The number of carbonyl (C=O) groups is 1. The maximum absolute atomic E-state index is 11.0. The molecule has 0 spiro atoms. The average molecular weight is 232 g/mol. The van der Waals surface area contributed by atoms with Crippen molar-refractivity contribution in [1.29, 1.82) is 0 Å². The van der Waals surface area contributed by atoms with E-state index >= 15 is 0 Å². The smallest absolute Gasteiger partial charge is 0.153 e. The SMILES string of the molecule is CC(C)Cn1cc(C=O)c(-c2ccnn2C)n1. The summed E-state index contributed by atoms with van der Waals surface area (Å²) in [6.45, 7) is 5.04. The Labute approximate surface area is 100 Å². The second kappa shape index (κ2) is 4.53. The standard InChI is InChI=1S/C12H16N4O/c1-9(2)6-16-7-10(8-17)12(14-16)11-4-5-13-15(11)3/h4-5,7-9H,6H2,1-3H3. The number of hydrogen-bond acceptors (Lipinski definition) is 3. The zero-order valence-electron chi connectivity index (χ0n) is 10.3. The normalized spacial score (nSPS) is 11.1. The van der Waals surface area contributed by atoms with Gasteiger partial charge in [-0.25, -0.2) is 0 Å². The molecule has 0 saturated heterocycles. The van der Waals surface area contributed by atoms with Gasteiger partial charge >= 0.3 is 0 Å². The summed E-state index contributed by atoms with van der Waals surface area (Å²) in [6.07, 6.45) is 4.33. The van der Waals surface area contributed by atoms with Gasteiger partial charge in [-0.1, -0.05) is 13.8 Å².